The second-order valence-corrected chi connectivity index (χ2v) is 8.12. The van der Waals surface area contributed by atoms with Crippen molar-refractivity contribution in [1.82, 2.24) is 19.8 Å². The van der Waals surface area contributed by atoms with Crippen LogP contribution in [-0.4, -0.2) is 33.6 Å². The van der Waals surface area contributed by atoms with Crippen LogP contribution in [0.15, 0.2) is 47.1 Å². The molecule has 1 aliphatic heterocycles. The molecule has 1 aliphatic carbocycles. The van der Waals surface area contributed by atoms with Gasteiger partial charge in [-0.25, -0.2) is 4.98 Å². The first-order valence-electron chi connectivity index (χ1n) is 10.2. The topological polar surface area (TPSA) is 46.2 Å². The van der Waals surface area contributed by atoms with Crippen molar-refractivity contribution >= 4 is 11.0 Å². The number of hydrogen-bond acceptors (Lipinski definition) is 4. The first-order valence-corrected chi connectivity index (χ1v) is 10.2. The molecule has 142 valence electrons. The van der Waals surface area contributed by atoms with Gasteiger partial charge in [0.1, 0.15) is 17.2 Å². The van der Waals surface area contributed by atoms with Crippen molar-refractivity contribution in [3.05, 3.63) is 54.3 Å². The van der Waals surface area contributed by atoms with E-state index in [0.717, 1.165) is 49.9 Å². The second kappa shape index (κ2) is 6.80. The van der Waals surface area contributed by atoms with Crippen LogP contribution in [0.4, 0.5) is 0 Å². The zero-order chi connectivity index (χ0) is 18.3. The van der Waals surface area contributed by atoms with E-state index in [-0.39, 0.29) is 0 Å². The van der Waals surface area contributed by atoms with Gasteiger partial charge in [0.15, 0.2) is 0 Å². The number of piperidine rings is 1. The fourth-order valence-corrected chi connectivity index (χ4v) is 4.86. The minimum Gasteiger partial charge on any atom is -0.460 e. The summed E-state index contributed by atoms with van der Waals surface area (Å²) in [4.78, 5) is 7.24. The van der Waals surface area contributed by atoms with Crippen molar-refractivity contribution in [3.8, 4) is 0 Å². The van der Waals surface area contributed by atoms with Crippen LogP contribution in [0, 0.1) is 5.41 Å². The van der Waals surface area contributed by atoms with Crippen molar-refractivity contribution < 1.29 is 4.42 Å². The summed E-state index contributed by atoms with van der Waals surface area (Å²) >= 11 is 0. The van der Waals surface area contributed by atoms with Gasteiger partial charge in [0, 0.05) is 30.4 Å². The highest BCUT2D eigenvalue weighted by atomic mass is 16.3. The van der Waals surface area contributed by atoms with E-state index in [9.17, 15) is 0 Å². The lowest BCUT2D eigenvalue weighted by atomic mass is 9.93. The lowest BCUT2D eigenvalue weighted by Crippen LogP contribution is -2.36. The van der Waals surface area contributed by atoms with E-state index in [4.69, 9.17) is 4.42 Å². The third kappa shape index (κ3) is 3.19. The zero-order valence-corrected chi connectivity index (χ0v) is 16.0. The molecular formula is C22H28N4O. The predicted molar refractivity (Wildman–Crippen MR) is 106 cm³/mol. The van der Waals surface area contributed by atoms with E-state index in [1.165, 1.54) is 24.6 Å². The molecule has 27 heavy (non-hydrogen) atoms. The summed E-state index contributed by atoms with van der Waals surface area (Å²) in [6.45, 7) is 7.19. The third-order valence-corrected chi connectivity index (χ3v) is 6.51. The van der Waals surface area contributed by atoms with E-state index in [1.807, 2.05) is 12.3 Å². The van der Waals surface area contributed by atoms with Crippen LogP contribution in [0.5, 0.6) is 0 Å². The number of imidazole rings is 1. The minimum atomic E-state index is 0.501. The van der Waals surface area contributed by atoms with Gasteiger partial charge in [-0.15, -0.1) is 0 Å². The molecule has 2 aliphatic rings. The summed E-state index contributed by atoms with van der Waals surface area (Å²) in [7, 11) is 0. The van der Waals surface area contributed by atoms with Gasteiger partial charge in [-0.05, 0) is 56.8 Å². The minimum absolute atomic E-state index is 0.501. The quantitative estimate of drug-likeness (QED) is 0.723. The first-order chi connectivity index (χ1) is 13.3. The number of aromatic nitrogens is 2. The molecule has 5 nitrogen and oxygen atoms in total. The van der Waals surface area contributed by atoms with Crippen molar-refractivity contribution in [2.45, 2.75) is 51.9 Å². The summed E-state index contributed by atoms with van der Waals surface area (Å²) in [5, 5.41) is 4.71. The largest absolute Gasteiger partial charge is 0.460 e. The normalized spacial score (nSPS) is 21.3. The molecule has 3 heterocycles. The standard InChI is InChI=1S/C22H28N4O/c1-2-25-12-11-24-21(25)16-26(20-14-22(20)7-9-23-10-8-22)15-18-13-17-5-3-4-6-19(17)27-18/h3-6,11-13,20,23H,2,7-10,14-16H2,1H3. The molecule has 1 aromatic carbocycles. The van der Waals surface area contributed by atoms with Crippen molar-refractivity contribution in [2.24, 2.45) is 5.41 Å². The summed E-state index contributed by atoms with van der Waals surface area (Å²) in [5.41, 5.74) is 1.48. The van der Waals surface area contributed by atoms with E-state index in [1.54, 1.807) is 0 Å². The number of nitrogens with one attached hydrogen (secondary N) is 1. The van der Waals surface area contributed by atoms with Crippen molar-refractivity contribution in [2.75, 3.05) is 13.1 Å². The van der Waals surface area contributed by atoms with Gasteiger partial charge in [0.05, 0.1) is 13.1 Å². The molecule has 1 saturated carbocycles. The SMILES string of the molecule is CCn1ccnc1CN(Cc1cc2ccccc2o1)C1CC12CCNCC2. The fraction of sp³-hybridized carbons (Fsp3) is 0.500. The van der Waals surface area contributed by atoms with Gasteiger partial charge in [-0.2, -0.15) is 0 Å². The Morgan fingerprint density at radius 1 is 1.26 bits per heavy atom. The number of furan rings is 1. The Morgan fingerprint density at radius 2 is 2.11 bits per heavy atom. The third-order valence-electron chi connectivity index (χ3n) is 6.51. The molecule has 0 bridgehead atoms. The van der Waals surface area contributed by atoms with Crippen LogP contribution in [0.25, 0.3) is 11.0 Å². The fourth-order valence-electron chi connectivity index (χ4n) is 4.86. The van der Waals surface area contributed by atoms with Crippen LogP contribution < -0.4 is 5.32 Å². The highest BCUT2D eigenvalue weighted by molar-refractivity contribution is 5.77. The Morgan fingerprint density at radius 3 is 2.93 bits per heavy atom. The average molecular weight is 364 g/mol. The Labute approximate surface area is 160 Å². The van der Waals surface area contributed by atoms with Crippen molar-refractivity contribution in [1.29, 1.82) is 0 Å². The molecule has 3 aromatic rings. The van der Waals surface area contributed by atoms with Gasteiger partial charge in [0.25, 0.3) is 0 Å². The predicted octanol–water partition coefficient (Wildman–Crippen LogP) is 3.79. The van der Waals surface area contributed by atoms with E-state index >= 15 is 0 Å². The van der Waals surface area contributed by atoms with Crippen LogP contribution in [-0.2, 0) is 19.6 Å². The maximum Gasteiger partial charge on any atom is 0.134 e. The Hall–Kier alpha value is -2.11. The van der Waals surface area contributed by atoms with E-state index in [2.05, 4.69) is 57.2 Å². The Bertz CT molecular complexity index is 888. The molecule has 2 aromatic heterocycles. The number of hydrogen-bond donors (Lipinski definition) is 1. The number of nitrogens with zero attached hydrogens (tertiary/aromatic N) is 3. The van der Waals surface area contributed by atoms with Gasteiger partial charge in [-0.1, -0.05) is 18.2 Å². The number of benzene rings is 1. The van der Waals surface area contributed by atoms with Crippen LogP contribution in [0.3, 0.4) is 0 Å². The lowest BCUT2D eigenvalue weighted by Gasteiger charge is -2.29. The molecule has 1 saturated heterocycles. The Balaban J connectivity index is 1.41. The monoisotopic (exact) mass is 364 g/mol. The van der Waals surface area contributed by atoms with E-state index < -0.39 is 0 Å². The summed E-state index contributed by atoms with van der Waals surface area (Å²) in [5.74, 6) is 2.21. The van der Waals surface area contributed by atoms with Gasteiger partial charge in [-0.3, -0.25) is 4.90 Å². The number of rotatable bonds is 6. The maximum atomic E-state index is 6.15. The average Bonchev–Trinajstić information content (AvgIpc) is 3.05. The smallest absolute Gasteiger partial charge is 0.134 e. The Kier molecular flexibility index (Phi) is 4.29. The van der Waals surface area contributed by atoms with Gasteiger partial charge >= 0.3 is 0 Å². The van der Waals surface area contributed by atoms with Crippen LogP contribution in [0.1, 0.15) is 37.8 Å². The molecule has 2 fully saturated rings. The van der Waals surface area contributed by atoms with Crippen LogP contribution in [0.2, 0.25) is 0 Å². The molecule has 1 atom stereocenters. The summed E-state index contributed by atoms with van der Waals surface area (Å²) in [6, 6.07) is 11.1. The van der Waals surface area contributed by atoms with E-state index in [0.29, 0.717) is 11.5 Å². The summed E-state index contributed by atoms with van der Waals surface area (Å²) < 4.78 is 8.40. The molecule has 1 spiro atoms. The molecule has 5 rings (SSSR count). The molecular weight excluding hydrogens is 336 g/mol. The second-order valence-electron chi connectivity index (χ2n) is 8.12. The molecule has 0 radical (unpaired) electrons. The zero-order valence-electron chi connectivity index (χ0n) is 16.0. The first kappa shape index (κ1) is 17.0. The van der Waals surface area contributed by atoms with Gasteiger partial charge < -0.3 is 14.3 Å². The highest BCUT2D eigenvalue weighted by Gasteiger charge is 2.56. The number of para-hydroxylation sites is 1. The maximum absolute atomic E-state index is 6.15. The lowest BCUT2D eigenvalue weighted by molar-refractivity contribution is 0.172. The highest BCUT2D eigenvalue weighted by Crippen LogP contribution is 2.56. The molecule has 1 unspecified atom stereocenters. The number of fused-ring (bicyclic) bond motifs is 1. The summed E-state index contributed by atoms with van der Waals surface area (Å²) in [6.07, 6.45) is 7.89. The molecule has 0 amide bonds. The van der Waals surface area contributed by atoms with Gasteiger partial charge in [0.2, 0.25) is 0 Å². The number of aryl methyl sites for hydroxylation is 1. The molecule has 5 heteroatoms. The van der Waals surface area contributed by atoms with Crippen molar-refractivity contribution in [3.63, 3.8) is 0 Å². The molecule has 1 N–H and O–H groups in total. The van der Waals surface area contributed by atoms with Crippen LogP contribution >= 0.6 is 0 Å².